The summed E-state index contributed by atoms with van der Waals surface area (Å²) in [4.78, 5) is 0. The summed E-state index contributed by atoms with van der Waals surface area (Å²) >= 11 is 0. The Labute approximate surface area is 90.3 Å². The highest BCUT2D eigenvalue weighted by Gasteiger charge is 2.36. The van der Waals surface area contributed by atoms with Crippen LogP contribution in [0.15, 0.2) is 0 Å². The Hall–Kier alpha value is 0.110. The van der Waals surface area contributed by atoms with Crippen LogP contribution in [0.2, 0.25) is 0 Å². The summed E-state index contributed by atoms with van der Waals surface area (Å²) in [6, 6.07) is 0.453. The van der Waals surface area contributed by atoms with E-state index in [2.05, 4.69) is 19.2 Å². The Bertz CT molecular complexity index is 207. The first-order valence-corrected chi connectivity index (χ1v) is 7.02. The van der Waals surface area contributed by atoms with Crippen LogP contribution < -0.4 is 5.32 Å². The second-order valence-corrected chi connectivity index (χ2v) is 6.47. The van der Waals surface area contributed by atoms with Gasteiger partial charge in [-0.3, -0.25) is 4.21 Å². The predicted molar refractivity (Wildman–Crippen MR) is 62.9 cm³/mol. The highest BCUT2D eigenvalue weighted by Crippen LogP contribution is 2.32. The molecular weight excluding hydrogens is 194 g/mol. The second-order valence-electron chi connectivity index (χ2n) is 4.58. The van der Waals surface area contributed by atoms with Crippen molar-refractivity contribution in [3.63, 3.8) is 0 Å². The molecule has 0 amide bonds. The maximum Gasteiger partial charge on any atom is 0.0526 e. The molecule has 14 heavy (non-hydrogen) atoms. The van der Waals surface area contributed by atoms with Gasteiger partial charge in [0, 0.05) is 22.6 Å². The number of hydrogen-bond acceptors (Lipinski definition) is 2. The molecule has 5 unspecified atom stereocenters. The van der Waals surface area contributed by atoms with E-state index in [0.29, 0.717) is 17.2 Å². The van der Waals surface area contributed by atoms with Crippen molar-refractivity contribution in [3.8, 4) is 0 Å². The SMILES string of the molecule is CCS(=O)C1C(C)CC(C)CC1NC. The van der Waals surface area contributed by atoms with Gasteiger partial charge in [0.25, 0.3) is 0 Å². The topological polar surface area (TPSA) is 29.1 Å². The molecule has 3 heteroatoms. The standard InChI is InChI=1S/C11H23NOS/c1-5-14(13)11-9(3)6-8(2)7-10(11)12-4/h8-12H,5-7H2,1-4H3. The van der Waals surface area contributed by atoms with E-state index in [1.54, 1.807) is 0 Å². The number of nitrogens with one attached hydrogen (secondary N) is 1. The highest BCUT2D eigenvalue weighted by atomic mass is 32.2. The second kappa shape index (κ2) is 5.26. The average Bonchev–Trinajstić information content (AvgIpc) is 2.15. The van der Waals surface area contributed by atoms with E-state index >= 15 is 0 Å². The molecule has 2 nitrogen and oxygen atoms in total. The number of hydrogen-bond donors (Lipinski definition) is 1. The van der Waals surface area contributed by atoms with Crippen molar-refractivity contribution in [1.29, 1.82) is 0 Å². The summed E-state index contributed by atoms with van der Waals surface area (Å²) in [5.74, 6) is 2.16. The monoisotopic (exact) mass is 217 g/mol. The lowest BCUT2D eigenvalue weighted by Gasteiger charge is -2.38. The minimum absolute atomic E-state index is 0.362. The van der Waals surface area contributed by atoms with Crippen LogP contribution in [-0.4, -0.2) is 28.3 Å². The molecule has 0 aromatic carbocycles. The molecule has 0 aromatic heterocycles. The third kappa shape index (κ3) is 2.57. The van der Waals surface area contributed by atoms with Gasteiger partial charge in [-0.2, -0.15) is 0 Å². The van der Waals surface area contributed by atoms with E-state index in [0.717, 1.165) is 11.7 Å². The lowest BCUT2D eigenvalue weighted by atomic mass is 9.80. The van der Waals surface area contributed by atoms with Crippen LogP contribution in [0.1, 0.15) is 33.6 Å². The fraction of sp³-hybridized carbons (Fsp3) is 1.00. The largest absolute Gasteiger partial charge is 0.316 e. The van der Waals surface area contributed by atoms with Gasteiger partial charge in [-0.15, -0.1) is 0 Å². The van der Waals surface area contributed by atoms with Crippen LogP contribution in [0.3, 0.4) is 0 Å². The van der Waals surface area contributed by atoms with Crippen LogP contribution in [0.4, 0.5) is 0 Å². The third-order valence-corrected chi connectivity index (χ3v) is 5.32. The van der Waals surface area contributed by atoms with Crippen molar-refractivity contribution < 1.29 is 4.21 Å². The van der Waals surface area contributed by atoms with Crippen molar-refractivity contribution in [2.75, 3.05) is 12.8 Å². The third-order valence-electron chi connectivity index (χ3n) is 3.35. The van der Waals surface area contributed by atoms with Gasteiger partial charge in [0.05, 0.1) is 5.25 Å². The van der Waals surface area contributed by atoms with Gasteiger partial charge in [-0.25, -0.2) is 0 Å². The maximum atomic E-state index is 11.9. The average molecular weight is 217 g/mol. The Morgan fingerprint density at radius 2 is 2.00 bits per heavy atom. The van der Waals surface area contributed by atoms with Crippen molar-refractivity contribution >= 4 is 10.8 Å². The zero-order valence-electron chi connectivity index (χ0n) is 9.75. The summed E-state index contributed by atoms with van der Waals surface area (Å²) in [5.41, 5.74) is 0. The predicted octanol–water partition coefficient (Wildman–Crippen LogP) is 1.78. The van der Waals surface area contributed by atoms with Gasteiger partial charge >= 0.3 is 0 Å². The van der Waals surface area contributed by atoms with Gasteiger partial charge in [-0.05, 0) is 31.7 Å². The van der Waals surface area contributed by atoms with Crippen LogP contribution in [0, 0.1) is 11.8 Å². The molecule has 84 valence electrons. The van der Waals surface area contributed by atoms with E-state index in [-0.39, 0.29) is 0 Å². The quantitative estimate of drug-likeness (QED) is 0.781. The van der Waals surface area contributed by atoms with Crippen molar-refractivity contribution in [2.45, 2.75) is 44.9 Å². The van der Waals surface area contributed by atoms with Gasteiger partial charge in [0.2, 0.25) is 0 Å². The van der Waals surface area contributed by atoms with Gasteiger partial charge in [0.15, 0.2) is 0 Å². The molecular formula is C11H23NOS. The van der Waals surface area contributed by atoms with Gasteiger partial charge in [0.1, 0.15) is 0 Å². The van der Waals surface area contributed by atoms with E-state index in [1.165, 1.54) is 12.8 Å². The minimum atomic E-state index is -0.651. The molecule has 1 aliphatic rings. The normalized spacial score (nSPS) is 40.9. The van der Waals surface area contributed by atoms with E-state index < -0.39 is 10.8 Å². The van der Waals surface area contributed by atoms with Crippen molar-refractivity contribution in [2.24, 2.45) is 11.8 Å². The summed E-state index contributed by atoms with van der Waals surface area (Å²) in [6.45, 7) is 6.57. The molecule has 0 heterocycles. The van der Waals surface area contributed by atoms with E-state index in [9.17, 15) is 4.21 Å². The van der Waals surface area contributed by atoms with Crippen LogP contribution in [0.5, 0.6) is 0 Å². The molecule has 1 rings (SSSR count). The minimum Gasteiger partial charge on any atom is -0.316 e. The molecule has 1 N–H and O–H groups in total. The Balaban J connectivity index is 2.73. The molecule has 0 aliphatic heterocycles. The first-order valence-electron chi connectivity index (χ1n) is 5.64. The zero-order chi connectivity index (χ0) is 10.7. The highest BCUT2D eigenvalue weighted by molar-refractivity contribution is 7.85. The molecule has 0 aromatic rings. The first kappa shape index (κ1) is 12.2. The Morgan fingerprint density at radius 1 is 1.36 bits per heavy atom. The van der Waals surface area contributed by atoms with Gasteiger partial charge in [-0.1, -0.05) is 20.8 Å². The fourth-order valence-corrected chi connectivity index (χ4v) is 4.37. The molecule has 5 atom stereocenters. The summed E-state index contributed by atoms with van der Waals surface area (Å²) in [5, 5.41) is 3.70. The first-order chi connectivity index (χ1) is 6.60. The maximum absolute atomic E-state index is 11.9. The van der Waals surface area contributed by atoms with Crippen LogP contribution in [0.25, 0.3) is 0 Å². The van der Waals surface area contributed by atoms with E-state index in [4.69, 9.17) is 0 Å². The molecule has 0 spiro atoms. The Kier molecular flexibility index (Phi) is 4.58. The summed E-state index contributed by atoms with van der Waals surface area (Å²) in [7, 11) is 1.34. The number of rotatable bonds is 3. The zero-order valence-corrected chi connectivity index (χ0v) is 10.6. The van der Waals surface area contributed by atoms with Crippen molar-refractivity contribution in [1.82, 2.24) is 5.32 Å². The smallest absolute Gasteiger partial charge is 0.0526 e. The van der Waals surface area contributed by atoms with Crippen LogP contribution in [-0.2, 0) is 10.8 Å². The summed E-state index contributed by atoms with van der Waals surface area (Å²) in [6.07, 6.45) is 2.41. The fourth-order valence-electron chi connectivity index (χ4n) is 2.75. The molecule has 0 bridgehead atoms. The lowest BCUT2D eigenvalue weighted by Crippen LogP contribution is -2.49. The molecule has 1 saturated carbocycles. The van der Waals surface area contributed by atoms with Gasteiger partial charge < -0.3 is 5.32 Å². The van der Waals surface area contributed by atoms with E-state index in [1.807, 2.05) is 14.0 Å². The molecule has 0 radical (unpaired) electrons. The molecule has 1 aliphatic carbocycles. The molecule has 0 saturated heterocycles. The van der Waals surface area contributed by atoms with Crippen LogP contribution >= 0.6 is 0 Å². The molecule has 1 fully saturated rings. The van der Waals surface area contributed by atoms with Crippen molar-refractivity contribution in [3.05, 3.63) is 0 Å². The summed E-state index contributed by atoms with van der Waals surface area (Å²) < 4.78 is 11.9. The lowest BCUT2D eigenvalue weighted by molar-refractivity contribution is 0.253. The Morgan fingerprint density at radius 3 is 2.50 bits per heavy atom.